The van der Waals surface area contributed by atoms with Gasteiger partial charge in [-0.1, -0.05) is 18.2 Å². The number of ether oxygens (including phenoxy) is 1. The first-order valence-corrected chi connectivity index (χ1v) is 7.92. The molecule has 2 unspecified atom stereocenters. The smallest absolute Gasteiger partial charge is 0.123 e. The van der Waals surface area contributed by atoms with E-state index in [0.29, 0.717) is 6.61 Å². The third-order valence-electron chi connectivity index (χ3n) is 3.76. The second kappa shape index (κ2) is 5.95. The second-order valence-corrected chi connectivity index (χ2v) is 6.07. The van der Waals surface area contributed by atoms with Gasteiger partial charge >= 0.3 is 0 Å². The Hall–Kier alpha value is -1.36. The van der Waals surface area contributed by atoms with Gasteiger partial charge in [0.05, 0.1) is 6.04 Å². The Morgan fingerprint density at radius 1 is 1.30 bits per heavy atom. The van der Waals surface area contributed by atoms with Crippen LogP contribution >= 0.6 is 11.3 Å². The van der Waals surface area contributed by atoms with Gasteiger partial charge in [-0.3, -0.25) is 4.90 Å². The minimum absolute atomic E-state index is 0.0925. The predicted molar refractivity (Wildman–Crippen MR) is 83.1 cm³/mol. The number of nitrogens with zero attached hydrogens (tertiary/aromatic N) is 1. The molecule has 3 rings (SSSR count). The number of fused-ring (bicyclic) bond motifs is 1. The van der Waals surface area contributed by atoms with E-state index < -0.39 is 0 Å². The maximum Gasteiger partial charge on any atom is 0.123 e. The lowest BCUT2D eigenvalue weighted by molar-refractivity contribution is 0.153. The molecule has 106 valence electrons. The van der Waals surface area contributed by atoms with Gasteiger partial charge < -0.3 is 10.5 Å². The van der Waals surface area contributed by atoms with Crippen LogP contribution in [0.15, 0.2) is 41.1 Å². The molecule has 1 aromatic carbocycles. The van der Waals surface area contributed by atoms with Crippen molar-refractivity contribution in [2.45, 2.75) is 25.6 Å². The van der Waals surface area contributed by atoms with Crippen molar-refractivity contribution in [2.24, 2.45) is 5.73 Å². The maximum absolute atomic E-state index is 6.25. The molecule has 1 aromatic heterocycles. The van der Waals surface area contributed by atoms with Crippen molar-refractivity contribution >= 4 is 11.3 Å². The van der Waals surface area contributed by atoms with Crippen molar-refractivity contribution < 1.29 is 4.74 Å². The fourth-order valence-electron chi connectivity index (χ4n) is 2.87. The fraction of sp³-hybridized carbons (Fsp3) is 0.375. The summed E-state index contributed by atoms with van der Waals surface area (Å²) in [6.07, 6.45) is 0. The quantitative estimate of drug-likeness (QED) is 0.943. The molecule has 4 heteroatoms. The van der Waals surface area contributed by atoms with E-state index in [2.05, 4.69) is 40.8 Å². The number of hydrogen-bond acceptors (Lipinski definition) is 4. The van der Waals surface area contributed by atoms with E-state index >= 15 is 0 Å². The van der Waals surface area contributed by atoms with Crippen LogP contribution < -0.4 is 10.5 Å². The zero-order chi connectivity index (χ0) is 13.9. The fourth-order valence-corrected chi connectivity index (χ4v) is 3.56. The predicted octanol–water partition coefficient (Wildman–Crippen LogP) is 3.03. The molecule has 2 atom stereocenters. The molecule has 0 saturated carbocycles. The van der Waals surface area contributed by atoms with Crippen LogP contribution in [0.3, 0.4) is 0 Å². The minimum Gasteiger partial charge on any atom is -0.492 e. The molecule has 1 aliphatic heterocycles. The van der Waals surface area contributed by atoms with E-state index in [-0.39, 0.29) is 12.1 Å². The number of nitrogens with two attached hydrogens (primary N) is 1. The monoisotopic (exact) mass is 288 g/mol. The van der Waals surface area contributed by atoms with Gasteiger partial charge in [0, 0.05) is 24.7 Å². The lowest BCUT2D eigenvalue weighted by Gasteiger charge is -2.32. The molecule has 2 N–H and O–H groups in total. The van der Waals surface area contributed by atoms with E-state index in [1.54, 1.807) is 11.3 Å². The molecule has 0 amide bonds. The van der Waals surface area contributed by atoms with Crippen LogP contribution in [0.25, 0.3) is 0 Å². The highest BCUT2D eigenvalue weighted by molar-refractivity contribution is 7.07. The number of hydrogen-bond donors (Lipinski definition) is 1. The van der Waals surface area contributed by atoms with E-state index in [4.69, 9.17) is 10.5 Å². The Morgan fingerprint density at radius 2 is 2.15 bits per heavy atom. The summed E-state index contributed by atoms with van der Waals surface area (Å²) in [5.41, 5.74) is 8.80. The molecule has 1 aliphatic rings. The normalized spacial score (nSPS) is 18.7. The first-order chi connectivity index (χ1) is 9.75. The molecule has 3 nitrogen and oxygen atoms in total. The molecular weight excluding hydrogens is 268 g/mol. The SMILES string of the molecule is CC(N)C(c1ccsc1)N1CCOc2ccccc2C1. The van der Waals surface area contributed by atoms with Crippen molar-refractivity contribution in [3.05, 3.63) is 52.2 Å². The van der Waals surface area contributed by atoms with Gasteiger partial charge in [-0.25, -0.2) is 0 Å². The third-order valence-corrected chi connectivity index (χ3v) is 4.46. The van der Waals surface area contributed by atoms with Gasteiger partial charge in [-0.05, 0) is 35.4 Å². The van der Waals surface area contributed by atoms with Crippen LogP contribution in [0.5, 0.6) is 5.75 Å². The number of rotatable bonds is 3. The van der Waals surface area contributed by atoms with Crippen LogP contribution in [-0.4, -0.2) is 24.1 Å². The van der Waals surface area contributed by atoms with Crippen molar-refractivity contribution in [2.75, 3.05) is 13.2 Å². The molecule has 0 spiro atoms. The van der Waals surface area contributed by atoms with Crippen LogP contribution in [0.1, 0.15) is 24.1 Å². The van der Waals surface area contributed by atoms with Crippen molar-refractivity contribution in [3.63, 3.8) is 0 Å². The second-order valence-electron chi connectivity index (χ2n) is 5.29. The van der Waals surface area contributed by atoms with E-state index in [1.165, 1.54) is 11.1 Å². The first kappa shape index (κ1) is 13.6. The molecule has 0 radical (unpaired) electrons. The molecule has 0 aliphatic carbocycles. The summed E-state index contributed by atoms with van der Waals surface area (Å²) in [7, 11) is 0. The topological polar surface area (TPSA) is 38.5 Å². The average molecular weight is 288 g/mol. The van der Waals surface area contributed by atoms with Crippen LogP contribution in [0, 0.1) is 0 Å². The zero-order valence-electron chi connectivity index (χ0n) is 11.7. The summed E-state index contributed by atoms with van der Waals surface area (Å²) in [4.78, 5) is 2.43. The Balaban J connectivity index is 1.89. The molecule has 0 saturated heterocycles. The van der Waals surface area contributed by atoms with Gasteiger partial charge in [-0.15, -0.1) is 0 Å². The minimum atomic E-state index is 0.0925. The lowest BCUT2D eigenvalue weighted by Crippen LogP contribution is -2.40. The average Bonchev–Trinajstić information content (AvgIpc) is 2.85. The van der Waals surface area contributed by atoms with E-state index in [1.807, 2.05) is 12.1 Å². The van der Waals surface area contributed by atoms with Gasteiger partial charge in [0.1, 0.15) is 12.4 Å². The third kappa shape index (κ3) is 2.73. The standard InChI is InChI=1S/C16H20N2OS/c1-12(17)16(14-6-9-20-11-14)18-7-8-19-15-5-3-2-4-13(15)10-18/h2-6,9,11-12,16H,7-8,10,17H2,1H3. The van der Waals surface area contributed by atoms with Gasteiger partial charge in [0.25, 0.3) is 0 Å². The Morgan fingerprint density at radius 3 is 2.90 bits per heavy atom. The maximum atomic E-state index is 6.25. The molecule has 0 fully saturated rings. The summed E-state index contributed by atoms with van der Waals surface area (Å²) in [6.45, 7) is 4.58. The Kier molecular flexibility index (Phi) is 4.05. The lowest BCUT2D eigenvalue weighted by atomic mass is 10.0. The molecule has 2 aromatic rings. The summed E-state index contributed by atoms with van der Waals surface area (Å²) in [6, 6.07) is 10.8. The Bertz CT molecular complexity index is 553. The van der Waals surface area contributed by atoms with E-state index in [9.17, 15) is 0 Å². The highest BCUT2D eigenvalue weighted by Gasteiger charge is 2.26. The van der Waals surface area contributed by atoms with Crippen molar-refractivity contribution in [3.8, 4) is 5.75 Å². The van der Waals surface area contributed by atoms with Gasteiger partial charge in [-0.2, -0.15) is 11.3 Å². The van der Waals surface area contributed by atoms with Gasteiger partial charge in [0.2, 0.25) is 0 Å². The summed E-state index contributed by atoms with van der Waals surface area (Å²) >= 11 is 1.73. The molecule has 20 heavy (non-hydrogen) atoms. The largest absolute Gasteiger partial charge is 0.492 e. The summed E-state index contributed by atoms with van der Waals surface area (Å²) in [5, 5.41) is 4.32. The summed E-state index contributed by atoms with van der Waals surface area (Å²) < 4.78 is 5.85. The summed E-state index contributed by atoms with van der Waals surface area (Å²) in [5.74, 6) is 1.00. The number of benzene rings is 1. The Labute approximate surface area is 124 Å². The molecular formula is C16H20N2OS. The van der Waals surface area contributed by atoms with E-state index in [0.717, 1.165) is 18.8 Å². The van der Waals surface area contributed by atoms with Gasteiger partial charge in [0.15, 0.2) is 0 Å². The highest BCUT2D eigenvalue weighted by atomic mass is 32.1. The molecule has 0 bridgehead atoms. The van der Waals surface area contributed by atoms with Crippen LogP contribution in [-0.2, 0) is 6.54 Å². The van der Waals surface area contributed by atoms with Crippen LogP contribution in [0.2, 0.25) is 0 Å². The van der Waals surface area contributed by atoms with Crippen molar-refractivity contribution in [1.82, 2.24) is 4.90 Å². The number of thiophene rings is 1. The number of para-hydroxylation sites is 1. The first-order valence-electron chi connectivity index (χ1n) is 6.98. The van der Waals surface area contributed by atoms with Crippen molar-refractivity contribution in [1.29, 1.82) is 0 Å². The zero-order valence-corrected chi connectivity index (χ0v) is 12.5. The highest BCUT2D eigenvalue weighted by Crippen LogP contribution is 2.31. The molecule has 2 heterocycles. The van der Waals surface area contributed by atoms with Crippen LogP contribution in [0.4, 0.5) is 0 Å².